The van der Waals surface area contributed by atoms with E-state index in [2.05, 4.69) is 22.8 Å². The van der Waals surface area contributed by atoms with Crippen LogP contribution in [-0.4, -0.2) is 11.9 Å². The molecule has 1 saturated carbocycles. The van der Waals surface area contributed by atoms with Gasteiger partial charge in [0.05, 0.1) is 6.04 Å². The molecule has 0 saturated heterocycles. The van der Waals surface area contributed by atoms with Crippen molar-refractivity contribution in [3.8, 4) is 0 Å². The summed E-state index contributed by atoms with van der Waals surface area (Å²) in [4.78, 5) is 12.3. The highest BCUT2D eigenvalue weighted by atomic mass is 19.1. The first-order valence-corrected chi connectivity index (χ1v) is 8.01. The van der Waals surface area contributed by atoms with E-state index in [0.29, 0.717) is 11.6 Å². The molecule has 0 radical (unpaired) electrons. The van der Waals surface area contributed by atoms with Crippen LogP contribution < -0.4 is 10.6 Å². The third-order valence-corrected chi connectivity index (χ3v) is 4.19. The minimum absolute atomic E-state index is 0.113. The van der Waals surface area contributed by atoms with Crippen molar-refractivity contribution in [1.82, 2.24) is 5.32 Å². The maximum Gasteiger partial charge on any atom is 0.241 e. The molecular formula is C19H21FN2O. The molecule has 2 aromatic carbocycles. The molecule has 0 heterocycles. The zero-order valence-electron chi connectivity index (χ0n) is 13.1. The van der Waals surface area contributed by atoms with E-state index in [0.717, 1.165) is 0 Å². The number of nitrogens with one attached hydrogen (secondary N) is 2. The van der Waals surface area contributed by atoms with E-state index in [-0.39, 0.29) is 23.8 Å². The van der Waals surface area contributed by atoms with Gasteiger partial charge < -0.3 is 5.32 Å². The molecule has 1 aliphatic carbocycles. The molecule has 120 valence electrons. The number of amides is 1. The number of anilines is 1. The van der Waals surface area contributed by atoms with Crippen LogP contribution in [0.25, 0.3) is 0 Å². The molecule has 0 unspecified atom stereocenters. The molecule has 0 aromatic heterocycles. The number of rotatable bonds is 6. The number of benzene rings is 2. The SMILES string of the molecule is C[C@@H](N[C@H](c1ccccc1)C1CC1)C(=O)Nc1ccc(F)cc1. The Labute approximate surface area is 135 Å². The molecule has 1 aliphatic rings. The highest BCUT2D eigenvalue weighted by molar-refractivity contribution is 5.94. The summed E-state index contributed by atoms with van der Waals surface area (Å²) in [7, 11) is 0. The molecule has 3 nitrogen and oxygen atoms in total. The zero-order valence-corrected chi connectivity index (χ0v) is 13.1. The quantitative estimate of drug-likeness (QED) is 0.849. The van der Waals surface area contributed by atoms with Gasteiger partial charge in [-0.05, 0) is 55.5 Å². The summed E-state index contributed by atoms with van der Waals surface area (Å²) in [6, 6.07) is 15.9. The van der Waals surface area contributed by atoms with Gasteiger partial charge in [0.2, 0.25) is 5.91 Å². The predicted octanol–water partition coefficient (Wildman–Crippen LogP) is 3.89. The summed E-state index contributed by atoms with van der Waals surface area (Å²) in [5.74, 6) is 0.170. The van der Waals surface area contributed by atoms with Gasteiger partial charge in [0.15, 0.2) is 0 Å². The molecule has 4 heteroatoms. The van der Waals surface area contributed by atoms with Gasteiger partial charge in [-0.1, -0.05) is 30.3 Å². The zero-order chi connectivity index (χ0) is 16.2. The minimum atomic E-state index is -0.328. The second kappa shape index (κ2) is 6.92. The van der Waals surface area contributed by atoms with Crippen LogP contribution in [0.3, 0.4) is 0 Å². The molecule has 2 aromatic rings. The highest BCUT2D eigenvalue weighted by Crippen LogP contribution is 2.41. The fraction of sp³-hybridized carbons (Fsp3) is 0.316. The molecule has 1 amide bonds. The fourth-order valence-corrected chi connectivity index (χ4v) is 2.72. The molecule has 2 N–H and O–H groups in total. The van der Waals surface area contributed by atoms with Crippen LogP contribution >= 0.6 is 0 Å². The van der Waals surface area contributed by atoms with Gasteiger partial charge in [0.1, 0.15) is 5.82 Å². The highest BCUT2D eigenvalue weighted by Gasteiger charge is 2.33. The molecule has 1 fully saturated rings. The van der Waals surface area contributed by atoms with E-state index in [1.807, 2.05) is 25.1 Å². The van der Waals surface area contributed by atoms with Gasteiger partial charge in [-0.15, -0.1) is 0 Å². The van der Waals surface area contributed by atoms with Gasteiger partial charge in [0, 0.05) is 11.7 Å². The Hall–Kier alpha value is -2.20. The first-order chi connectivity index (χ1) is 11.1. The summed E-state index contributed by atoms with van der Waals surface area (Å²) in [6.07, 6.45) is 2.39. The van der Waals surface area contributed by atoms with Crippen molar-refractivity contribution in [3.05, 3.63) is 66.0 Å². The number of carbonyl (C=O) groups is 1. The van der Waals surface area contributed by atoms with Crippen molar-refractivity contribution in [1.29, 1.82) is 0 Å². The summed E-state index contributed by atoms with van der Waals surface area (Å²) in [6.45, 7) is 1.86. The summed E-state index contributed by atoms with van der Waals surface area (Å²) in [5, 5.41) is 6.26. The predicted molar refractivity (Wildman–Crippen MR) is 89.5 cm³/mol. The molecule has 0 bridgehead atoms. The van der Waals surface area contributed by atoms with E-state index in [9.17, 15) is 9.18 Å². The van der Waals surface area contributed by atoms with Gasteiger partial charge in [-0.25, -0.2) is 4.39 Å². The number of carbonyl (C=O) groups excluding carboxylic acids is 1. The summed E-state index contributed by atoms with van der Waals surface area (Å²) >= 11 is 0. The molecule has 2 atom stereocenters. The third kappa shape index (κ3) is 4.17. The Morgan fingerprint density at radius 3 is 2.35 bits per heavy atom. The average Bonchev–Trinajstić information content (AvgIpc) is 3.40. The second-order valence-corrected chi connectivity index (χ2v) is 6.11. The summed E-state index contributed by atoms with van der Waals surface area (Å²) < 4.78 is 12.9. The van der Waals surface area contributed by atoms with Crippen LogP contribution in [0.5, 0.6) is 0 Å². The standard InChI is InChI=1S/C19H21FN2O/c1-13(19(23)22-17-11-9-16(20)10-12-17)21-18(15-7-8-15)14-5-3-2-4-6-14/h2-6,9-13,15,18,21H,7-8H2,1H3,(H,22,23)/t13-,18-/m1/s1. The third-order valence-electron chi connectivity index (χ3n) is 4.19. The molecule has 0 spiro atoms. The minimum Gasteiger partial charge on any atom is -0.325 e. The van der Waals surface area contributed by atoms with Crippen LogP contribution in [0.15, 0.2) is 54.6 Å². The van der Waals surface area contributed by atoms with Crippen molar-refractivity contribution in [2.45, 2.75) is 31.8 Å². The lowest BCUT2D eigenvalue weighted by molar-refractivity contribution is -0.118. The van der Waals surface area contributed by atoms with Crippen LogP contribution in [0.2, 0.25) is 0 Å². The molecule has 3 rings (SSSR count). The van der Waals surface area contributed by atoms with Crippen molar-refractivity contribution < 1.29 is 9.18 Å². The van der Waals surface area contributed by atoms with E-state index in [1.165, 1.54) is 30.5 Å². The largest absolute Gasteiger partial charge is 0.325 e. The maximum absolute atomic E-state index is 12.9. The van der Waals surface area contributed by atoms with Gasteiger partial charge in [0.25, 0.3) is 0 Å². The van der Waals surface area contributed by atoms with E-state index in [1.54, 1.807) is 12.1 Å². The first kappa shape index (κ1) is 15.7. The Morgan fingerprint density at radius 2 is 1.74 bits per heavy atom. The normalized spacial score (nSPS) is 16.6. The Bertz CT molecular complexity index is 653. The van der Waals surface area contributed by atoms with Crippen LogP contribution in [0.4, 0.5) is 10.1 Å². The van der Waals surface area contributed by atoms with Gasteiger partial charge >= 0.3 is 0 Å². The van der Waals surface area contributed by atoms with E-state index in [4.69, 9.17) is 0 Å². The van der Waals surface area contributed by atoms with E-state index < -0.39 is 0 Å². The van der Waals surface area contributed by atoms with Crippen molar-refractivity contribution in [3.63, 3.8) is 0 Å². The maximum atomic E-state index is 12.9. The van der Waals surface area contributed by atoms with Crippen molar-refractivity contribution in [2.75, 3.05) is 5.32 Å². The van der Waals surface area contributed by atoms with Crippen LogP contribution in [0.1, 0.15) is 31.4 Å². The Balaban J connectivity index is 1.63. The summed E-state index contributed by atoms with van der Waals surface area (Å²) in [5.41, 5.74) is 1.82. The fourth-order valence-electron chi connectivity index (χ4n) is 2.72. The lowest BCUT2D eigenvalue weighted by Gasteiger charge is -2.23. The van der Waals surface area contributed by atoms with E-state index >= 15 is 0 Å². The Morgan fingerprint density at radius 1 is 1.09 bits per heavy atom. The lowest BCUT2D eigenvalue weighted by Crippen LogP contribution is -2.40. The average molecular weight is 312 g/mol. The Kier molecular flexibility index (Phi) is 4.72. The number of halogens is 1. The topological polar surface area (TPSA) is 41.1 Å². The smallest absolute Gasteiger partial charge is 0.241 e. The van der Waals surface area contributed by atoms with Crippen LogP contribution in [0, 0.1) is 11.7 Å². The van der Waals surface area contributed by atoms with Crippen molar-refractivity contribution in [2.24, 2.45) is 5.92 Å². The lowest BCUT2D eigenvalue weighted by atomic mass is 10.0. The monoisotopic (exact) mass is 312 g/mol. The number of hydrogen-bond donors (Lipinski definition) is 2. The molecular weight excluding hydrogens is 291 g/mol. The van der Waals surface area contributed by atoms with Crippen molar-refractivity contribution >= 4 is 11.6 Å². The number of hydrogen-bond acceptors (Lipinski definition) is 2. The second-order valence-electron chi connectivity index (χ2n) is 6.11. The van der Waals surface area contributed by atoms with Crippen LogP contribution in [-0.2, 0) is 4.79 Å². The molecule has 23 heavy (non-hydrogen) atoms. The molecule has 0 aliphatic heterocycles. The van der Waals surface area contributed by atoms with Gasteiger partial charge in [-0.2, -0.15) is 0 Å². The first-order valence-electron chi connectivity index (χ1n) is 8.01. The van der Waals surface area contributed by atoms with Gasteiger partial charge in [-0.3, -0.25) is 10.1 Å².